The summed E-state index contributed by atoms with van der Waals surface area (Å²) in [6.07, 6.45) is 0. The van der Waals surface area contributed by atoms with Crippen LogP contribution in [0.5, 0.6) is 0 Å². The number of tetrazole rings is 1. The normalized spacial score (nSPS) is 8.50. The van der Waals surface area contributed by atoms with Crippen LogP contribution in [0.15, 0.2) is 0 Å². The highest BCUT2D eigenvalue weighted by molar-refractivity contribution is 14.1. The standard InChI is InChI=1S/CIN5O2.ClH/c2-1-3-5-6(4-1)7(8)9;/h;1H. The minimum absolute atomic E-state index is 0. The summed E-state index contributed by atoms with van der Waals surface area (Å²) in [4.78, 5) is 10.3. The first-order chi connectivity index (χ1) is 4.20. The third kappa shape index (κ3) is 2.02. The Balaban J connectivity index is 0.000000810. The van der Waals surface area contributed by atoms with Gasteiger partial charge in [-0.1, -0.05) is 0 Å². The second-order valence-corrected chi connectivity index (χ2v) is 2.14. The second kappa shape index (κ2) is 3.61. The zero-order valence-electron chi connectivity index (χ0n) is 4.36. The van der Waals surface area contributed by atoms with Crippen LogP contribution in [0.4, 0.5) is 0 Å². The van der Waals surface area contributed by atoms with Crippen molar-refractivity contribution < 1.29 is 22.3 Å². The van der Waals surface area contributed by atoms with Crippen LogP contribution < -0.4 is 17.3 Å². The van der Waals surface area contributed by atoms with Crippen LogP contribution in [0.25, 0.3) is 0 Å². The van der Waals surface area contributed by atoms with Gasteiger partial charge in [-0.05, 0) is 5.10 Å². The summed E-state index contributed by atoms with van der Waals surface area (Å²) < 4.78 is 0.379. The van der Waals surface area contributed by atoms with Crippen LogP contribution in [0.2, 0.25) is 0 Å². The molecule has 9 heteroatoms. The highest BCUT2D eigenvalue weighted by Crippen LogP contribution is 1.84. The summed E-state index contributed by atoms with van der Waals surface area (Å²) in [6, 6.07) is 0. The SMILES string of the molecule is O=[N+]([O-])[n+]1nnc(I)[nH]1.[Cl-]. The Morgan fingerprint density at radius 2 is 2.40 bits per heavy atom. The van der Waals surface area contributed by atoms with E-state index in [4.69, 9.17) is 0 Å². The first-order valence-electron chi connectivity index (χ1n) is 1.85. The summed E-state index contributed by atoms with van der Waals surface area (Å²) in [6.45, 7) is 0. The molecule has 0 radical (unpaired) electrons. The van der Waals surface area contributed by atoms with Gasteiger partial charge in [0, 0.05) is 0 Å². The van der Waals surface area contributed by atoms with Crippen molar-refractivity contribution in [3.63, 3.8) is 0 Å². The number of nitrogens with one attached hydrogen (secondary N) is 1. The molecule has 56 valence electrons. The monoisotopic (exact) mass is 277 g/mol. The Morgan fingerprint density at radius 1 is 1.80 bits per heavy atom. The van der Waals surface area contributed by atoms with E-state index in [1.165, 1.54) is 0 Å². The first-order valence-corrected chi connectivity index (χ1v) is 2.93. The largest absolute Gasteiger partial charge is 1.00 e. The van der Waals surface area contributed by atoms with Crippen LogP contribution in [-0.4, -0.2) is 20.4 Å². The molecule has 10 heavy (non-hydrogen) atoms. The predicted molar refractivity (Wildman–Crippen MR) is 31.7 cm³/mol. The Kier molecular flexibility index (Phi) is 3.42. The van der Waals surface area contributed by atoms with Gasteiger partial charge < -0.3 is 22.5 Å². The quantitative estimate of drug-likeness (QED) is 0.244. The minimum Gasteiger partial charge on any atom is -1.00 e. The molecule has 0 atom stereocenters. The fourth-order valence-corrected chi connectivity index (χ4v) is 0.595. The van der Waals surface area contributed by atoms with Gasteiger partial charge in [0.1, 0.15) is 5.03 Å². The third-order valence-electron chi connectivity index (χ3n) is 0.564. The van der Waals surface area contributed by atoms with E-state index < -0.39 is 5.03 Å². The molecule has 0 amide bonds. The number of hydrogen-bond acceptors (Lipinski definition) is 4. The summed E-state index contributed by atoms with van der Waals surface area (Å²) in [5.41, 5.74) is 0. The fraction of sp³-hybridized carbons (Fsp3) is 0. The molecule has 0 fully saturated rings. The molecule has 0 aliphatic carbocycles. The van der Waals surface area contributed by atoms with Crippen molar-refractivity contribution in [2.24, 2.45) is 0 Å². The van der Waals surface area contributed by atoms with Crippen LogP contribution in [0.3, 0.4) is 0 Å². The lowest BCUT2D eigenvalue weighted by Gasteiger charge is -1.77. The van der Waals surface area contributed by atoms with Crippen molar-refractivity contribution in [1.82, 2.24) is 15.4 Å². The highest BCUT2D eigenvalue weighted by atomic mass is 127. The molecule has 0 aromatic carbocycles. The zero-order valence-corrected chi connectivity index (χ0v) is 7.27. The lowest BCUT2D eigenvalue weighted by Crippen LogP contribution is -3.00. The zero-order chi connectivity index (χ0) is 6.85. The van der Waals surface area contributed by atoms with Gasteiger partial charge in [0.2, 0.25) is 5.10 Å². The molecule has 1 N–H and O–H groups in total. The molecule has 0 aliphatic heterocycles. The lowest BCUT2D eigenvalue weighted by atomic mass is 11.4. The van der Waals surface area contributed by atoms with E-state index in [1.807, 2.05) is 0 Å². The van der Waals surface area contributed by atoms with Crippen molar-refractivity contribution in [3.05, 3.63) is 13.9 Å². The molecule has 0 aliphatic rings. The molecule has 1 heterocycles. The topological polar surface area (TPSA) is 88.6 Å². The summed E-state index contributed by atoms with van der Waals surface area (Å²) in [5, 5.41) is 17.9. The van der Waals surface area contributed by atoms with Gasteiger partial charge in [-0.25, -0.2) is 0 Å². The average Bonchev–Trinajstić information content (AvgIpc) is 2.14. The fourth-order valence-electron chi connectivity index (χ4n) is 0.282. The van der Waals surface area contributed by atoms with Crippen molar-refractivity contribution >= 4 is 22.6 Å². The maximum absolute atomic E-state index is 9.85. The average molecular weight is 277 g/mol. The van der Waals surface area contributed by atoms with Gasteiger partial charge in [0.15, 0.2) is 0 Å². The number of rotatable bonds is 1. The molecular weight excluding hydrogens is 276 g/mol. The molecule has 7 nitrogen and oxygen atoms in total. The van der Waals surface area contributed by atoms with Gasteiger partial charge in [-0.2, -0.15) is 0 Å². The van der Waals surface area contributed by atoms with Crippen molar-refractivity contribution in [3.8, 4) is 0 Å². The number of aromatic nitrogens is 4. The Bertz CT molecular complexity index is 235. The number of hydrogen-bond donors (Lipinski definition) is 1. The Morgan fingerprint density at radius 3 is 2.60 bits per heavy atom. The molecular formula is CHClIN5O2. The molecule has 0 saturated heterocycles. The smallest absolute Gasteiger partial charge is 0.417 e. The molecule has 0 bridgehead atoms. The number of H-pyrrole nitrogens is 1. The van der Waals surface area contributed by atoms with Crippen molar-refractivity contribution in [2.45, 2.75) is 0 Å². The van der Waals surface area contributed by atoms with Crippen LogP contribution in [0, 0.1) is 13.9 Å². The Hall–Kier alpha value is -0.510. The van der Waals surface area contributed by atoms with Crippen LogP contribution in [-0.2, 0) is 0 Å². The summed E-state index contributed by atoms with van der Waals surface area (Å²) >= 11 is 1.78. The van der Waals surface area contributed by atoms with Gasteiger partial charge in [-0.3, -0.25) is 0 Å². The van der Waals surface area contributed by atoms with E-state index in [2.05, 4.69) is 15.4 Å². The molecule has 1 rings (SSSR count). The second-order valence-electron chi connectivity index (χ2n) is 1.12. The van der Waals surface area contributed by atoms with E-state index in [1.54, 1.807) is 22.6 Å². The van der Waals surface area contributed by atoms with Gasteiger partial charge >= 0.3 is 9.04 Å². The molecule has 1 aromatic heterocycles. The summed E-state index contributed by atoms with van der Waals surface area (Å²) in [5.74, 6) is 0. The first kappa shape index (κ1) is 9.49. The van der Waals surface area contributed by atoms with Gasteiger partial charge in [0.25, 0.3) is 4.91 Å². The van der Waals surface area contributed by atoms with Crippen LogP contribution >= 0.6 is 22.6 Å². The van der Waals surface area contributed by atoms with E-state index in [9.17, 15) is 10.1 Å². The lowest BCUT2D eigenvalue weighted by molar-refractivity contribution is -1.25. The summed E-state index contributed by atoms with van der Waals surface area (Å²) in [7, 11) is 0. The minimum atomic E-state index is -0.713. The van der Waals surface area contributed by atoms with Crippen LogP contribution in [0.1, 0.15) is 0 Å². The number of nitrogens with zero attached hydrogens (tertiary/aromatic N) is 4. The van der Waals surface area contributed by atoms with Crippen molar-refractivity contribution in [1.29, 1.82) is 0 Å². The maximum Gasteiger partial charge on any atom is 0.417 e. The van der Waals surface area contributed by atoms with Crippen molar-refractivity contribution in [2.75, 3.05) is 0 Å². The highest BCUT2D eigenvalue weighted by Gasteiger charge is 2.17. The Labute approximate surface area is 74.5 Å². The van der Waals surface area contributed by atoms with Gasteiger partial charge in [0.05, 0.1) is 22.6 Å². The predicted octanol–water partition coefficient (Wildman–Crippen LogP) is -4.26. The molecule has 0 saturated carbocycles. The van der Waals surface area contributed by atoms with E-state index in [0.29, 0.717) is 8.74 Å². The number of halogens is 2. The van der Waals surface area contributed by atoms with E-state index in [0.717, 1.165) is 0 Å². The maximum atomic E-state index is 9.85. The molecule has 0 spiro atoms. The van der Waals surface area contributed by atoms with E-state index >= 15 is 0 Å². The molecule has 0 unspecified atom stereocenters. The van der Waals surface area contributed by atoms with E-state index in [-0.39, 0.29) is 12.4 Å². The third-order valence-corrected chi connectivity index (χ3v) is 1.02. The number of aromatic amines is 1. The number of nitro groups is 1. The van der Waals surface area contributed by atoms with Gasteiger partial charge in [-0.15, -0.1) is 0 Å². The molecule has 1 aromatic rings.